The smallest absolute Gasteiger partial charge is 0.193 e. The highest BCUT2D eigenvalue weighted by molar-refractivity contribution is 5.89. The minimum Gasteiger partial charge on any atom is -0.374 e. The molecule has 1 aliphatic heterocycles. The molecule has 1 aliphatic rings. The summed E-state index contributed by atoms with van der Waals surface area (Å²) in [6.45, 7) is 5.17. The van der Waals surface area contributed by atoms with E-state index in [0.717, 1.165) is 16.7 Å². The van der Waals surface area contributed by atoms with Crippen LogP contribution >= 0.6 is 0 Å². The first kappa shape index (κ1) is 25.0. The average Bonchev–Trinajstić information content (AvgIpc) is 2.90. The molecule has 0 spiro atoms. The molecule has 1 fully saturated rings. The van der Waals surface area contributed by atoms with Crippen molar-refractivity contribution >= 4 is 5.78 Å². The Balaban J connectivity index is 1.51. The summed E-state index contributed by atoms with van der Waals surface area (Å²) in [6.07, 6.45) is -0.388. The predicted octanol–water partition coefficient (Wildman–Crippen LogP) is 5.29. The van der Waals surface area contributed by atoms with Crippen LogP contribution in [-0.4, -0.2) is 36.8 Å². The summed E-state index contributed by atoms with van der Waals surface area (Å²) >= 11 is 0. The summed E-state index contributed by atoms with van der Waals surface area (Å²) in [7, 11) is 0. The van der Waals surface area contributed by atoms with E-state index < -0.39 is 24.4 Å². The first-order valence-electron chi connectivity index (χ1n) is 12.0. The minimum absolute atomic E-state index is 0.127. The van der Waals surface area contributed by atoms with Gasteiger partial charge >= 0.3 is 0 Å². The van der Waals surface area contributed by atoms with Crippen molar-refractivity contribution in [2.75, 3.05) is 6.61 Å². The third-order valence-corrected chi connectivity index (χ3v) is 5.93. The van der Waals surface area contributed by atoms with Crippen LogP contribution in [0.4, 0.5) is 0 Å². The average molecular weight is 473 g/mol. The molecule has 0 amide bonds. The van der Waals surface area contributed by atoms with E-state index >= 15 is 0 Å². The fourth-order valence-electron chi connectivity index (χ4n) is 4.12. The number of ether oxygens (including phenoxy) is 4. The van der Waals surface area contributed by atoms with Crippen molar-refractivity contribution < 1.29 is 23.7 Å². The second-order valence-corrected chi connectivity index (χ2v) is 8.57. The number of carbonyl (C=O) groups is 1. The molecule has 0 aromatic heterocycles. The van der Waals surface area contributed by atoms with E-state index in [2.05, 4.69) is 6.58 Å². The molecule has 4 rings (SSSR count). The van der Waals surface area contributed by atoms with Crippen LogP contribution in [0.15, 0.2) is 104 Å². The molecule has 35 heavy (non-hydrogen) atoms. The van der Waals surface area contributed by atoms with Gasteiger partial charge in [0, 0.05) is 0 Å². The first-order valence-corrected chi connectivity index (χ1v) is 12.0. The van der Waals surface area contributed by atoms with Gasteiger partial charge in [-0.15, -0.1) is 6.58 Å². The van der Waals surface area contributed by atoms with Crippen LogP contribution in [0, 0.1) is 0 Å². The summed E-state index contributed by atoms with van der Waals surface area (Å²) in [5.74, 6) is -0.127. The Labute approximate surface area is 207 Å². The van der Waals surface area contributed by atoms with Gasteiger partial charge in [0.2, 0.25) is 0 Å². The number of ketones is 1. The normalized spacial score (nSPS) is 22.1. The fourth-order valence-corrected chi connectivity index (χ4v) is 4.12. The van der Waals surface area contributed by atoms with Crippen molar-refractivity contribution in [3.8, 4) is 0 Å². The topological polar surface area (TPSA) is 54.0 Å². The van der Waals surface area contributed by atoms with Crippen molar-refractivity contribution in [2.45, 2.75) is 50.7 Å². The Bertz CT molecular complexity index is 1040. The lowest BCUT2D eigenvalue weighted by atomic mass is 9.94. The molecular weight excluding hydrogens is 440 g/mol. The van der Waals surface area contributed by atoms with Gasteiger partial charge in [-0.05, 0) is 23.1 Å². The second kappa shape index (κ2) is 13.1. The first-order chi connectivity index (χ1) is 17.2. The molecule has 5 nitrogen and oxygen atoms in total. The lowest BCUT2D eigenvalue weighted by molar-refractivity contribution is -0.213. The standard InChI is InChI=1S/C30H32O5/c1-2-12-26-28(31)30(34-21-25-17-10-5-11-18-25)29(33-20-24-15-8-4-9-16-24)27(35-26)22-32-19-23-13-6-3-7-14-23/h2-11,13-18,26-27,29-30H,1,12,19-22H2/t26-,27-,29-,30-/m1/s1. The van der Waals surface area contributed by atoms with Crippen molar-refractivity contribution in [1.82, 2.24) is 0 Å². The maximum atomic E-state index is 13.4. The monoisotopic (exact) mass is 472 g/mol. The highest BCUT2D eigenvalue weighted by atomic mass is 16.6. The largest absolute Gasteiger partial charge is 0.374 e. The highest BCUT2D eigenvalue weighted by Gasteiger charge is 2.46. The van der Waals surface area contributed by atoms with Crippen LogP contribution in [-0.2, 0) is 43.6 Å². The summed E-state index contributed by atoms with van der Waals surface area (Å²) in [6, 6.07) is 29.7. The third kappa shape index (κ3) is 7.20. The molecule has 5 heteroatoms. The van der Waals surface area contributed by atoms with Gasteiger partial charge in [0.25, 0.3) is 0 Å². The molecule has 0 unspecified atom stereocenters. The Morgan fingerprint density at radius 3 is 1.80 bits per heavy atom. The van der Waals surface area contributed by atoms with E-state index in [-0.39, 0.29) is 12.4 Å². The van der Waals surface area contributed by atoms with E-state index in [1.807, 2.05) is 91.0 Å². The molecule has 0 saturated carbocycles. The number of benzene rings is 3. The van der Waals surface area contributed by atoms with Gasteiger partial charge in [-0.25, -0.2) is 0 Å². The molecular formula is C30H32O5. The van der Waals surface area contributed by atoms with Crippen LogP contribution < -0.4 is 0 Å². The molecule has 3 aromatic rings. The summed E-state index contributed by atoms with van der Waals surface area (Å²) in [5.41, 5.74) is 3.07. The highest BCUT2D eigenvalue weighted by Crippen LogP contribution is 2.27. The van der Waals surface area contributed by atoms with Gasteiger partial charge in [0.15, 0.2) is 5.78 Å². The molecule has 1 saturated heterocycles. The number of hydrogen-bond acceptors (Lipinski definition) is 5. The molecule has 0 radical (unpaired) electrons. The summed E-state index contributed by atoms with van der Waals surface area (Å²) in [4.78, 5) is 13.4. The third-order valence-electron chi connectivity index (χ3n) is 5.93. The van der Waals surface area contributed by atoms with Gasteiger partial charge in [0.05, 0.1) is 26.4 Å². The van der Waals surface area contributed by atoms with Gasteiger partial charge < -0.3 is 18.9 Å². The zero-order chi connectivity index (χ0) is 24.3. The van der Waals surface area contributed by atoms with Crippen LogP contribution in [0.1, 0.15) is 23.1 Å². The summed E-state index contributed by atoms with van der Waals surface area (Å²) in [5, 5.41) is 0. The fraction of sp³-hybridized carbons (Fsp3) is 0.300. The Morgan fingerprint density at radius 1 is 0.743 bits per heavy atom. The molecule has 4 atom stereocenters. The molecule has 182 valence electrons. The lowest BCUT2D eigenvalue weighted by Gasteiger charge is -2.40. The Morgan fingerprint density at radius 2 is 1.26 bits per heavy atom. The van der Waals surface area contributed by atoms with Crippen molar-refractivity contribution in [2.24, 2.45) is 0 Å². The van der Waals surface area contributed by atoms with Crippen LogP contribution in [0.5, 0.6) is 0 Å². The zero-order valence-electron chi connectivity index (χ0n) is 19.8. The zero-order valence-corrected chi connectivity index (χ0v) is 19.8. The quantitative estimate of drug-likeness (QED) is 0.336. The number of carbonyl (C=O) groups excluding carboxylic acids is 1. The molecule has 1 heterocycles. The van der Waals surface area contributed by atoms with Gasteiger partial charge in [-0.1, -0.05) is 97.1 Å². The number of rotatable bonds is 12. The molecule has 0 bridgehead atoms. The molecule has 0 N–H and O–H groups in total. The Kier molecular flexibility index (Phi) is 9.38. The van der Waals surface area contributed by atoms with Crippen molar-refractivity contribution in [1.29, 1.82) is 0 Å². The maximum absolute atomic E-state index is 13.4. The summed E-state index contributed by atoms with van der Waals surface area (Å²) < 4.78 is 24.7. The molecule has 3 aromatic carbocycles. The van der Waals surface area contributed by atoms with E-state index in [4.69, 9.17) is 18.9 Å². The predicted molar refractivity (Wildman–Crippen MR) is 135 cm³/mol. The SMILES string of the molecule is C=CC[C@H]1O[C@H](COCc2ccccc2)[C@@H](OCc2ccccc2)[C@H](OCc2ccccc2)C1=O. The van der Waals surface area contributed by atoms with Gasteiger partial charge in [-0.2, -0.15) is 0 Å². The lowest BCUT2D eigenvalue weighted by Crippen LogP contribution is -2.58. The van der Waals surface area contributed by atoms with Crippen LogP contribution in [0.25, 0.3) is 0 Å². The second-order valence-electron chi connectivity index (χ2n) is 8.57. The van der Waals surface area contributed by atoms with Crippen molar-refractivity contribution in [3.63, 3.8) is 0 Å². The van der Waals surface area contributed by atoms with Gasteiger partial charge in [-0.3, -0.25) is 4.79 Å². The van der Waals surface area contributed by atoms with Crippen LogP contribution in [0.2, 0.25) is 0 Å². The maximum Gasteiger partial charge on any atom is 0.193 e. The van der Waals surface area contributed by atoms with E-state index in [0.29, 0.717) is 26.2 Å². The van der Waals surface area contributed by atoms with E-state index in [1.54, 1.807) is 6.08 Å². The van der Waals surface area contributed by atoms with Crippen LogP contribution in [0.3, 0.4) is 0 Å². The van der Waals surface area contributed by atoms with E-state index in [9.17, 15) is 4.79 Å². The van der Waals surface area contributed by atoms with Crippen molar-refractivity contribution in [3.05, 3.63) is 120 Å². The van der Waals surface area contributed by atoms with E-state index in [1.165, 1.54) is 0 Å². The Hall–Kier alpha value is -3.09. The minimum atomic E-state index is -0.775. The number of hydrogen-bond donors (Lipinski definition) is 0. The number of Topliss-reactive ketones (excluding diaryl/α,β-unsaturated/α-hetero) is 1. The molecule has 0 aliphatic carbocycles. The van der Waals surface area contributed by atoms with Gasteiger partial charge in [0.1, 0.15) is 24.4 Å².